The molecule has 15 heavy (non-hydrogen) atoms. The molecule has 2 unspecified atom stereocenters. The molecule has 2 N–H and O–H groups in total. The van der Waals surface area contributed by atoms with Crippen LogP contribution in [0.3, 0.4) is 0 Å². The first-order chi connectivity index (χ1) is 7.04. The molecule has 0 radical (unpaired) electrons. The zero-order chi connectivity index (χ0) is 11.4. The third-order valence-corrected chi connectivity index (χ3v) is 2.42. The second-order valence-corrected chi connectivity index (χ2v) is 3.90. The van der Waals surface area contributed by atoms with E-state index >= 15 is 0 Å². The van der Waals surface area contributed by atoms with Crippen LogP contribution in [0.4, 0.5) is 0 Å². The van der Waals surface area contributed by atoms with Gasteiger partial charge in [-0.2, -0.15) is 0 Å². The predicted octanol–water partition coefficient (Wildman–Crippen LogP) is 2.15. The maximum Gasteiger partial charge on any atom is 0.137 e. The summed E-state index contributed by atoms with van der Waals surface area (Å²) in [6.45, 7) is 1.63. The Labute approximate surface area is 94.3 Å². The van der Waals surface area contributed by atoms with Crippen LogP contribution in [-0.4, -0.2) is 23.4 Å². The van der Waals surface area contributed by atoms with Crippen molar-refractivity contribution in [3.63, 3.8) is 0 Å². The standard InChI is InChI=1S/C11H15ClO3/c1-7(13)5-10(14)8-3-4-11(15-2)9(12)6-8/h3-4,6-7,10,13-14H,5H2,1-2H3. The molecule has 1 aromatic rings. The summed E-state index contributed by atoms with van der Waals surface area (Å²) < 4.78 is 5.00. The summed E-state index contributed by atoms with van der Waals surface area (Å²) in [5.41, 5.74) is 0.682. The van der Waals surface area contributed by atoms with Gasteiger partial charge in [-0.15, -0.1) is 0 Å². The lowest BCUT2D eigenvalue weighted by Gasteiger charge is -2.14. The largest absolute Gasteiger partial charge is 0.495 e. The summed E-state index contributed by atoms with van der Waals surface area (Å²) in [4.78, 5) is 0. The average Bonchev–Trinajstić information content (AvgIpc) is 2.16. The summed E-state index contributed by atoms with van der Waals surface area (Å²) in [7, 11) is 1.53. The Morgan fingerprint density at radius 1 is 1.40 bits per heavy atom. The van der Waals surface area contributed by atoms with Gasteiger partial charge in [0, 0.05) is 6.42 Å². The fourth-order valence-corrected chi connectivity index (χ4v) is 1.62. The molecule has 3 nitrogen and oxygen atoms in total. The SMILES string of the molecule is COc1ccc(C(O)CC(C)O)cc1Cl. The Hall–Kier alpha value is -0.770. The summed E-state index contributed by atoms with van der Waals surface area (Å²) in [6, 6.07) is 5.08. The molecule has 0 fully saturated rings. The van der Waals surface area contributed by atoms with Crippen molar-refractivity contribution in [3.8, 4) is 5.75 Å². The lowest BCUT2D eigenvalue weighted by atomic mass is 10.0. The van der Waals surface area contributed by atoms with Crippen molar-refractivity contribution in [3.05, 3.63) is 28.8 Å². The molecule has 0 aliphatic heterocycles. The van der Waals surface area contributed by atoms with Crippen molar-refractivity contribution in [1.82, 2.24) is 0 Å². The number of aliphatic hydroxyl groups excluding tert-OH is 2. The molecular formula is C11H15ClO3. The van der Waals surface area contributed by atoms with Gasteiger partial charge in [-0.3, -0.25) is 0 Å². The third-order valence-electron chi connectivity index (χ3n) is 2.12. The van der Waals surface area contributed by atoms with Gasteiger partial charge in [0.2, 0.25) is 0 Å². The summed E-state index contributed by atoms with van der Waals surface area (Å²) in [6.07, 6.45) is -0.947. The fourth-order valence-electron chi connectivity index (χ4n) is 1.35. The minimum absolute atomic E-state index is 0.294. The molecule has 84 valence electrons. The van der Waals surface area contributed by atoms with E-state index in [0.29, 0.717) is 22.8 Å². The molecular weight excluding hydrogens is 216 g/mol. The van der Waals surface area contributed by atoms with E-state index in [1.54, 1.807) is 25.1 Å². The molecule has 0 aliphatic rings. The second kappa shape index (κ2) is 5.35. The van der Waals surface area contributed by atoms with Gasteiger partial charge in [0.15, 0.2) is 0 Å². The van der Waals surface area contributed by atoms with Crippen LogP contribution in [0.1, 0.15) is 25.0 Å². The first-order valence-electron chi connectivity index (χ1n) is 4.74. The van der Waals surface area contributed by atoms with Gasteiger partial charge >= 0.3 is 0 Å². The topological polar surface area (TPSA) is 49.7 Å². The second-order valence-electron chi connectivity index (χ2n) is 3.49. The molecule has 0 amide bonds. The number of hydrogen-bond acceptors (Lipinski definition) is 3. The average molecular weight is 231 g/mol. The molecule has 1 rings (SSSR count). The van der Waals surface area contributed by atoms with Gasteiger partial charge in [0.1, 0.15) is 5.75 Å². The van der Waals surface area contributed by atoms with Gasteiger partial charge in [0.25, 0.3) is 0 Å². The number of hydrogen-bond donors (Lipinski definition) is 2. The van der Waals surface area contributed by atoms with Crippen molar-refractivity contribution >= 4 is 11.6 Å². The van der Waals surface area contributed by atoms with Crippen molar-refractivity contribution in [2.24, 2.45) is 0 Å². The van der Waals surface area contributed by atoms with Crippen LogP contribution in [0.5, 0.6) is 5.75 Å². The van der Waals surface area contributed by atoms with Gasteiger partial charge in [0.05, 0.1) is 24.3 Å². The highest BCUT2D eigenvalue weighted by molar-refractivity contribution is 6.32. The fraction of sp³-hybridized carbons (Fsp3) is 0.455. The highest BCUT2D eigenvalue weighted by atomic mass is 35.5. The monoisotopic (exact) mass is 230 g/mol. The molecule has 0 heterocycles. The molecule has 1 aromatic carbocycles. The van der Waals surface area contributed by atoms with E-state index in [2.05, 4.69) is 0 Å². The van der Waals surface area contributed by atoms with Crippen LogP contribution in [0.2, 0.25) is 5.02 Å². The molecule has 0 bridgehead atoms. The zero-order valence-corrected chi connectivity index (χ0v) is 9.53. The number of ether oxygens (including phenoxy) is 1. The Kier molecular flexibility index (Phi) is 4.39. The van der Waals surface area contributed by atoms with Crippen LogP contribution < -0.4 is 4.74 Å². The summed E-state index contributed by atoms with van der Waals surface area (Å²) in [5, 5.41) is 19.3. The van der Waals surface area contributed by atoms with Gasteiger partial charge < -0.3 is 14.9 Å². The minimum atomic E-state index is -0.701. The molecule has 0 saturated heterocycles. The normalized spacial score (nSPS) is 14.7. The first kappa shape index (κ1) is 12.3. The van der Waals surface area contributed by atoms with E-state index in [1.807, 2.05) is 0 Å². The maximum atomic E-state index is 9.72. The Morgan fingerprint density at radius 2 is 2.07 bits per heavy atom. The number of methoxy groups -OCH3 is 1. The predicted molar refractivity (Wildman–Crippen MR) is 59.3 cm³/mol. The van der Waals surface area contributed by atoms with Crippen LogP contribution >= 0.6 is 11.6 Å². The van der Waals surface area contributed by atoms with E-state index in [4.69, 9.17) is 21.4 Å². The quantitative estimate of drug-likeness (QED) is 0.834. The van der Waals surface area contributed by atoms with Crippen molar-refractivity contribution in [2.75, 3.05) is 7.11 Å². The van der Waals surface area contributed by atoms with E-state index < -0.39 is 12.2 Å². The molecule has 0 saturated carbocycles. The minimum Gasteiger partial charge on any atom is -0.495 e. The summed E-state index contributed by atoms with van der Waals surface area (Å²) in [5.74, 6) is 0.574. The smallest absolute Gasteiger partial charge is 0.137 e. The van der Waals surface area contributed by atoms with Gasteiger partial charge in [-0.1, -0.05) is 17.7 Å². The van der Waals surface area contributed by atoms with Crippen LogP contribution in [0.25, 0.3) is 0 Å². The lowest BCUT2D eigenvalue weighted by Crippen LogP contribution is -2.08. The van der Waals surface area contributed by atoms with Crippen LogP contribution in [0, 0.1) is 0 Å². The van der Waals surface area contributed by atoms with Crippen molar-refractivity contribution in [1.29, 1.82) is 0 Å². The zero-order valence-electron chi connectivity index (χ0n) is 8.77. The molecule has 4 heteroatoms. The van der Waals surface area contributed by atoms with Gasteiger partial charge in [-0.25, -0.2) is 0 Å². The maximum absolute atomic E-state index is 9.72. The molecule has 2 atom stereocenters. The van der Waals surface area contributed by atoms with Crippen molar-refractivity contribution < 1.29 is 14.9 Å². The Balaban J connectivity index is 2.82. The Bertz CT molecular complexity index is 326. The van der Waals surface area contributed by atoms with E-state index in [0.717, 1.165) is 0 Å². The van der Waals surface area contributed by atoms with Crippen LogP contribution in [0.15, 0.2) is 18.2 Å². The van der Waals surface area contributed by atoms with E-state index in [9.17, 15) is 5.11 Å². The van der Waals surface area contributed by atoms with Gasteiger partial charge in [-0.05, 0) is 24.6 Å². The number of benzene rings is 1. The summed E-state index contributed by atoms with van der Waals surface area (Å²) >= 11 is 5.91. The number of rotatable bonds is 4. The van der Waals surface area contributed by atoms with E-state index in [-0.39, 0.29) is 0 Å². The van der Waals surface area contributed by atoms with Crippen LogP contribution in [-0.2, 0) is 0 Å². The third kappa shape index (κ3) is 3.38. The molecule has 0 aliphatic carbocycles. The van der Waals surface area contributed by atoms with E-state index in [1.165, 1.54) is 7.11 Å². The number of aliphatic hydroxyl groups is 2. The lowest BCUT2D eigenvalue weighted by molar-refractivity contribution is 0.0907. The Morgan fingerprint density at radius 3 is 2.53 bits per heavy atom. The molecule has 0 aromatic heterocycles. The number of halogens is 1. The first-order valence-corrected chi connectivity index (χ1v) is 5.12. The highest BCUT2D eigenvalue weighted by Crippen LogP contribution is 2.28. The van der Waals surface area contributed by atoms with Crippen molar-refractivity contribution in [2.45, 2.75) is 25.6 Å². The molecule has 0 spiro atoms. The highest BCUT2D eigenvalue weighted by Gasteiger charge is 2.12.